The van der Waals surface area contributed by atoms with E-state index < -0.39 is 0 Å². The van der Waals surface area contributed by atoms with E-state index in [-0.39, 0.29) is 36.5 Å². The highest BCUT2D eigenvalue weighted by Gasteiger charge is 2.35. The fourth-order valence-corrected chi connectivity index (χ4v) is 3.40. The molecule has 2 amide bonds. The molecule has 6 nitrogen and oxygen atoms in total. The molecule has 0 radical (unpaired) electrons. The van der Waals surface area contributed by atoms with Gasteiger partial charge in [0.15, 0.2) is 0 Å². The molecule has 150 valence electrons. The lowest BCUT2D eigenvalue weighted by atomic mass is 9.83. The van der Waals surface area contributed by atoms with Gasteiger partial charge in [0.1, 0.15) is 0 Å². The van der Waals surface area contributed by atoms with Gasteiger partial charge in [-0.15, -0.1) is 0 Å². The summed E-state index contributed by atoms with van der Waals surface area (Å²) in [6.07, 6.45) is 3.20. The number of benzene rings is 1. The quantitative estimate of drug-likeness (QED) is 0.560. The first-order valence-electron chi connectivity index (χ1n) is 9.61. The second-order valence-corrected chi connectivity index (χ2v) is 7.31. The van der Waals surface area contributed by atoms with E-state index in [1.165, 1.54) is 0 Å². The summed E-state index contributed by atoms with van der Waals surface area (Å²) in [6, 6.07) is 6.64. The minimum atomic E-state index is -0.191. The van der Waals surface area contributed by atoms with Gasteiger partial charge in [-0.25, -0.2) is 0 Å². The van der Waals surface area contributed by atoms with Crippen LogP contribution in [0.25, 0.3) is 0 Å². The number of nitrogens with one attached hydrogen (secondary N) is 2. The molecule has 7 heteroatoms. The molecule has 2 rings (SSSR count). The lowest BCUT2D eigenvalue weighted by molar-refractivity contribution is -0.128. The van der Waals surface area contributed by atoms with Crippen LogP contribution in [0, 0.1) is 5.92 Å². The van der Waals surface area contributed by atoms with E-state index in [0.29, 0.717) is 49.4 Å². The summed E-state index contributed by atoms with van der Waals surface area (Å²) in [5.74, 6) is -0.294. The summed E-state index contributed by atoms with van der Waals surface area (Å²) in [6.45, 7) is 3.16. The minimum Gasteiger partial charge on any atom is -0.396 e. The van der Waals surface area contributed by atoms with Crippen LogP contribution in [-0.4, -0.2) is 48.8 Å². The predicted molar refractivity (Wildman–Crippen MR) is 105 cm³/mol. The third-order valence-electron chi connectivity index (χ3n) is 4.76. The molecule has 0 aromatic heterocycles. The zero-order chi connectivity index (χ0) is 19.6. The molecule has 0 saturated heterocycles. The van der Waals surface area contributed by atoms with Gasteiger partial charge in [0.25, 0.3) is 5.91 Å². The SMILES string of the molecule is CCCO[C@@H]1C[C@@H](C(=O)NCCCO)CC[C@H]1NC(=O)c1ccc(Cl)cc1. The van der Waals surface area contributed by atoms with Gasteiger partial charge in [-0.2, -0.15) is 0 Å². The van der Waals surface area contributed by atoms with Crippen molar-refractivity contribution < 1.29 is 19.4 Å². The predicted octanol–water partition coefficient (Wildman–Crippen LogP) is 2.53. The van der Waals surface area contributed by atoms with Gasteiger partial charge in [0.05, 0.1) is 12.1 Å². The number of aliphatic hydroxyl groups is 1. The highest BCUT2D eigenvalue weighted by Crippen LogP contribution is 2.27. The number of halogens is 1. The van der Waals surface area contributed by atoms with Crippen LogP contribution in [0.1, 0.15) is 49.4 Å². The number of amides is 2. The first kappa shape index (κ1) is 21.7. The van der Waals surface area contributed by atoms with Crippen molar-refractivity contribution in [3.05, 3.63) is 34.9 Å². The number of hydrogen-bond acceptors (Lipinski definition) is 4. The average Bonchev–Trinajstić information content (AvgIpc) is 2.67. The highest BCUT2D eigenvalue weighted by atomic mass is 35.5. The molecule has 1 aliphatic rings. The molecule has 0 bridgehead atoms. The van der Waals surface area contributed by atoms with Gasteiger partial charge in [-0.05, 0) is 56.4 Å². The van der Waals surface area contributed by atoms with Crippen molar-refractivity contribution in [2.45, 2.75) is 51.2 Å². The van der Waals surface area contributed by atoms with Crippen LogP contribution < -0.4 is 10.6 Å². The first-order valence-corrected chi connectivity index (χ1v) is 9.99. The van der Waals surface area contributed by atoms with Gasteiger partial charge in [-0.1, -0.05) is 18.5 Å². The summed E-state index contributed by atoms with van der Waals surface area (Å²) >= 11 is 5.88. The molecule has 0 unspecified atom stereocenters. The van der Waals surface area contributed by atoms with E-state index in [0.717, 1.165) is 6.42 Å². The monoisotopic (exact) mass is 396 g/mol. The molecule has 1 aromatic rings. The minimum absolute atomic E-state index is 0.00368. The molecule has 1 fully saturated rings. The van der Waals surface area contributed by atoms with E-state index in [9.17, 15) is 9.59 Å². The summed E-state index contributed by atoms with van der Waals surface area (Å²) in [4.78, 5) is 24.8. The van der Waals surface area contributed by atoms with Crippen LogP contribution >= 0.6 is 11.6 Å². The summed E-state index contributed by atoms with van der Waals surface area (Å²) < 4.78 is 5.95. The lowest BCUT2D eigenvalue weighted by Gasteiger charge is -2.36. The van der Waals surface area contributed by atoms with Crippen molar-refractivity contribution in [1.29, 1.82) is 0 Å². The van der Waals surface area contributed by atoms with Gasteiger partial charge in [-0.3, -0.25) is 9.59 Å². The van der Waals surface area contributed by atoms with E-state index >= 15 is 0 Å². The number of hydrogen-bond donors (Lipinski definition) is 3. The van der Waals surface area contributed by atoms with E-state index in [1.54, 1.807) is 24.3 Å². The largest absolute Gasteiger partial charge is 0.396 e. The van der Waals surface area contributed by atoms with Gasteiger partial charge in [0.2, 0.25) is 5.91 Å². The molecule has 3 N–H and O–H groups in total. The normalized spacial score (nSPS) is 22.3. The highest BCUT2D eigenvalue weighted by molar-refractivity contribution is 6.30. The van der Waals surface area contributed by atoms with Crippen LogP contribution in [0.4, 0.5) is 0 Å². The van der Waals surface area contributed by atoms with Gasteiger partial charge in [0, 0.05) is 36.3 Å². The van der Waals surface area contributed by atoms with E-state index in [1.807, 2.05) is 6.92 Å². The second-order valence-electron chi connectivity index (χ2n) is 6.87. The zero-order valence-corrected chi connectivity index (χ0v) is 16.5. The molecule has 1 aromatic carbocycles. The third kappa shape index (κ3) is 6.79. The summed E-state index contributed by atoms with van der Waals surface area (Å²) in [5, 5.41) is 15.3. The summed E-state index contributed by atoms with van der Waals surface area (Å²) in [7, 11) is 0. The topological polar surface area (TPSA) is 87.7 Å². The number of aliphatic hydroxyl groups excluding tert-OH is 1. The number of ether oxygens (including phenoxy) is 1. The number of carbonyl (C=O) groups excluding carboxylic acids is 2. The van der Waals surface area contributed by atoms with Crippen molar-refractivity contribution in [3.8, 4) is 0 Å². The van der Waals surface area contributed by atoms with Gasteiger partial charge >= 0.3 is 0 Å². The fourth-order valence-electron chi connectivity index (χ4n) is 3.27. The third-order valence-corrected chi connectivity index (χ3v) is 5.01. The molecule has 0 heterocycles. The van der Waals surface area contributed by atoms with Crippen LogP contribution in [0.3, 0.4) is 0 Å². The Labute approximate surface area is 165 Å². The Morgan fingerprint density at radius 1 is 1.26 bits per heavy atom. The van der Waals surface area contributed by atoms with Crippen molar-refractivity contribution in [2.75, 3.05) is 19.8 Å². The van der Waals surface area contributed by atoms with Crippen molar-refractivity contribution in [1.82, 2.24) is 10.6 Å². The molecule has 27 heavy (non-hydrogen) atoms. The zero-order valence-electron chi connectivity index (χ0n) is 15.7. The maximum Gasteiger partial charge on any atom is 0.251 e. The fraction of sp³-hybridized carbons (Fsp3) is 0.600. The molecule has 1 aliphatic carbocycles. The Bertz CT molecular complexity index is 609. The molecule has 0 spiro atoms. The Morgan fingerprint density at radius 2 is 2.00 bits per heavy atom. The van der Waals surface area contributed by atoms with Gasteiger partial charge < -0.3 is 20.5 Å². The number of rotatable bonds is 9. The van der Waals surface area contributed by atoms with Crippen molar-refractivity contribution in [3.63, 3.8) is 0 Å². The molecule has 0 aliphatic heterocycles. The first-order chi connectivity index (χ1) is 13.0. The van der Waals surface area contributed by atoms with Crippen molar-refractivity contribution in [2.24, 2.45) is 5.92 Å². The Hall–Kier alpha value is -1.63. The van der Waals surface area contributed by atoms with E-state index in [2.05, 4.69) is 10.6 Å². The molecular weight excluding hydrogens is 368 g/mol. The number of carbonyl (C=O) groups is 2. The lowest BCUT2D eigenvalue weighted by Crippen LogP contribution is -2.50. The second kappa shape index (κ2) is 11.3. The average molecular weight is 397 g/mol. The van der Waals surface area contributed by atoms with Crippen molar-refractivity contribution >= 4 is 23.4 Å². The molecule has 3 atom stereocenters. The van der Waals surface area contributed by atoms with Crippen LogP contribution in [0.2, 0.25) is 5.02 Å². The Balaban J connectivity index is 1.96. The maximum absolute atomic E-state index is 12.5. The Kier molecular flexibility index (Phi) is 9.04. The molecular formula is C20H29ClN2O4. The smallest absolute Gasteiger partial charge is 0.251 e. The van der Waals surface area contributed by atoms with Crippen LogP contribution in [-0.2, 0) is 9.53 Å². The summed E-state index contributed by atoms with van der Waals surface area (Å²) in [5.41, 5.74) is 0.553. The van der Waals surface area contributed by atoms with E-state index in [4.69, 9.17) is 21.4 Å². The molecule has 1 saturated carbocycles. The standard InChI is InChI=1S/C20H29ClN2O4/c1-2-12-27-18-13-15(19(25)22-10-3-11-24)6-9-17(18)23-20(26)14-4-7-16(21)8-5-14/h4-5,7-8,15,17-18,24H,2-3,6,9-13H2,1H3,(H,22,25)(H,23,26)/t15-,17+,18+/m0/s1. The maximum atomic E-state index is 12.5. The van der Waals surface area contributed by atoms with Crippen LogP contribution in [0.5, 0.6) is 0 Å². The van der Waals surface area contributed by atoms with Crippen LogP contribution in [0.15, 0.2) is 24.3 Å². The Morgan fingerprint density at radius 3 is 2.67 bits per heavy atom.